The summed E-state index contributed by atoms with van der Waals surface area (Å²) in [5, 5.41) is 12.8. The van der Waals surface area contributed by atoms with Crippen LogP contribution in [0.25, 0.3) is 0 Å². The highest BCUT2D eigenvalue weighted by Gasteiger charge is 2.61. The van der Waals surface area contributed by atoms with Crippen molar-refractivity contribution in [3.8, 4) is 0 Å². The van der Waals surface area contributed by atoms with Crippen molar-refractivity contribution in [2.45, 2.75) is 34.1 Å². The van der Waals surface area contributed by atoms with Gasteiger partial charge >= 0.3 is 5.97 Å². The number of aliphatic carboxylic acids is 1. The maximum atomic E-state index is 10.9. The summed E-state index contributed by atoms with van der Waals surface area (Å²) in [5.41, 5.74) is -0.184. The van der Waals surface area contributed by atoms with Gasteiger partial charge in [0.2, 0.25) is 0 Å². The van der Waals surface area contributed by atoms with Crippen molar-refractivity contribution in [1.29, 1.82) is 0 Å². The van der Waals surface area contributed by atoms with Crippen molar-refractivity contribution in [2.75, 3.05) is 6.61 Å². The van der Waals surface area contributed by atoms with Crippen LogP contribution in [0.2, 0.25) is 0 Å². The van der Waals surface area contributed by atoms with E-state index in [1.54, 1.807) is 6.21 Å². The molecule has 1 fully saturated rings. The van der Waals surface area contributed by atoms with Gasteiger partial charge in [0.25, 0.3) is 0 Å². The molecule has 0 amide bonds. The zero-order valence-corrected chi connectivity index (χ0v) is 10.4. The molecule has 16 heavy (non-hydrogen) atoms. The summed E-state index contributed by atoms with van der Waals surface area (Å²) in [4.78, 5) is 16.0. The van der Waals surface area contributed by atoms with Crippen LogP contribution in [0.15, 0.2) is 5.16 Å². The van der Waals surface area contributed by atoms with E-state index in [-0.39, 0.29) is 17.3 Å². The number of carboxylic acids is 1. The standard InChI is InChI=1S/C12H21NO3/c1-8(2)5-6-16-13-7-9-10(11(14)15)12(9,3)4/h7-10H,5-6H2,1-4H3,(H,14,15)/t9-,10-/m0/s1. The fourth-order valence-corrected chi connectivity index (χ4v) is 1.88. The van der Waals surface area contributed by atoms with Crippen molar-refractivity contribution in [3.05, 3.63) is 0 Å². The molecular formula is C12H21NO3. The van der Waals surface area contributed by atoms with Gasteiger partial charge in [-0.1, -0.05) is 32.9 Å². The lowest BCUT2D eigenvalue weighted by atomic mass is 10.1. The summed E-state index contributed by atoms with van der Waals surface area (Å²) in [7, 11) is 0. The summed E-state index contributed by atoms with van der Waals surface area (Å²) < 4.78 is 0. The maximum absolute atomic E-state index is 10.9. The highest BCUT2D eigenvalue weighted by Crippen LogP contribution is 2.57. The third kappa shape index (κ3) is 2.97. The molecule has 1 saturated carbocycles. The Balaban J connectivity index is 2.28. The average molecular weight is 227 g/mol. The third-order valence-corrected chi connectivity index (χ3v) is 3.26. The Morgan fingerprint density at radius 2 is 2.19 bits per heavy atom. The van der Waals surface area contributed by atoms with E-state index in [2.05, 4.69) is 19.0 Å². The molecule has 0 radical (unpaired) electrons. The van der Waals surface area contributed by atoms with Gasteiger partial charge in [0.15, 0.2) is 0 Å². The van der Waals surface area contributed by atoms with Gasteiger partial charge in [-0.05, 0) is 17.8 Å². The molecule has 92 valence electrons. The lowest BCUT2D eigenvalue weighted by Gasteiger charge is -2.01. The molecule has 1 aliphatic rings. The van der Waals surface area contributed by atoms with Gasteiger partial charge in [-0.25, -0.2) is 0 Å². The van der Waals surface area contributed by atoms with Crippen LogP contribution < -0.4 is 0 Å². The fraction of sp³-hybridized carbons (Fsp3) is 0.833. The number of rotatable bonds is 6. The maximum Gasteiger partial charge on any atom is 0.307 e. The van der Waals surface area contributed by atoms with Crippen LogP contribution in [0.5, 0.6) is 0 Å². The Hall–Kier alpha value is -1.06. The van der Waals surface area contributed by atoms with Gasteiger partial charge < -0.3 is 9.94 Å². The molecule has 0 unspecified atom stereocenters. The van der Waals surface area contributed by atoms with E-state index in [1.165, 1.54) is 0 Å². The molecule has 0 aromatic carbocycles. The molecule has 4 nitrogen and oxygen atoms in total. The van der Waals surface area contributed by atoms with Gasteiger partial charge in [0.05, 0.1) is 5.92 Å². The van der Waals surface area contributed by atoms with Crippen LogP contribution in [-0.2, 0) is 9.63 Å². The Bertz CT molecular complexity index is 284. The Morgan fingerprint density at radius 3 is 2.62 bits per heavy atom. The zero-order chi connectivity index (χ0) is 12.3. The van der Waals surface area contributed by atoms with Crippen LogP contribution >= 0.6 is 0 Å². The molecule has 2 atom stereocenters. The van der Waals surface area contributed by atoms with Crippen LogP contribution in [0, 0.1) is 23.2 Å². The van der Waals surface area contributed by atoms with Crippen molar-refractivity contribution in [2.24, 2.45) is 28.3 Å². The Morgan fingerprint density at radius 1 is 1.56 bits per heavy atom. The van der Waals surface area contributed by atoms with E-state index in [1.807, 2.05) is 13.8 Å². The number of carboxylic acid groups (broad SMARTS) is 1. The Labute approximate surface area is 96.7 Å². The normalized spacial score (nSPS) is 27.3. The number of hydrogen-bond acceptors (Lipinski definition) is 3. The van der Waals surface area contributed by atoms with Gasteiger partial charge in [0, 0.05) is 12.1 Å². The first-order valence-corrected chi connectivity index (χ1v) is 5.75. The molecule has 1 N–H and O–H groups in total. The first kappa shape index (κ1) is 13.0. The van der Waals surface area contributed by atoms with Gasteiger partial charge in [0.1, 0.15) is 6.61 Å². The molecule has 0 bridgehead atoms. The molecule has 1 aliphatic carbocycles. The van der Waals surface area contributed by atoms with Gasteiger partial charge in [-0.15, -0.1) is 0 Å². The van der Waals surface area contributed by atoms with Crippen molar-refractivity contribution in [3.63, 3.8) is 0 Å². The molecule has 0 spiro atoms. The second-order valence-corrected chi connectivity index (χ2v) is 5.43. The first-order chi connectivity index (χ1) is 7.37. The SMILES string of the molecule is CC(C)CCON=C[C@H]1[C@@H](C(=O)O)C1(C)C. The summed E-state index contributed by atoms with van der Waals surface area (Å²) in [6, 6.07) is 0. The van der Waals surface area contributed by atoms with Crippen molar-refractivity contribution < 1.29 is 14.7 Å². The molecular weight excluding hydrogens is 206 g/mol. The minimum Gasteiger partial charge on any atom is -0.481 e. The topological polar surface area (TPSA) is 58.9 Å². The van der Waals surface area contributed by atoms with Gasteiger partial charge in [-0.3, -0.25) is 4.79 Å². The van der Waals surface area contributed by atoms with Crippen LogP contribution in [-0.4, -0.2) is 23.9 Å². The first-order valence-electron chi connectivity index (χ1n) is 5.75. The number of nitrogens with zero attached hydrogens (tertiary/aromatic N) is 1. The second-order valence-electron chi connectivity index (χ2n) is 5.43. The van der Waals surface area contributed by atoms with Crippen LogP contribution in [0.1, 0.15) is 34.1 Å². The Kier molecular flexibility index (Phi) is 3.94. The van der Waals surface area contributed by atoms with E-state index in [4.69, 9.17) is 9.94 Å². The summed E-state index contributed by atoms with van der Waals surface area (Å²) >= 11 is 0. The second kappa shape index (κ2) is 4.85. The predicted molar refractivity (Wildman–Crippen MR) is 62.3 cm³/mol. The minimum atomic E-state index is -0.747. The van der Waals surface area contributed by atoms with E-state index in [0.29, 0.717) is 12.5 Å². The molecule has 0 aromatic heterocycles. The summed E-state index contributed by atoms with van der Waals surface area (Å²) in [5.74, 6) is -0.461. The monoisotopic (exact) mass is 227 g/mol. The van der Waals surface area contributed by atoms with Crippen molar-refractivity contribution >= 4 is 12.2 Å². The highest BCUT2D eigenvalue weighted by molar-refractivity contribution is 5.84. The average Bonchev–Trinajstić information content (AvgIpc) is 2.67. The largest absolute Gasteiger partial charge is 0.481 e. The van der Waals surface area contributed by atoms with E-state index < -0.39 is 5.97 Å². The number of carbonyl (C=O) groups is 1. The molecule has 0 aromatic rings. The number of oxime groups is 1. The molecule has 1 rings (SSSR count). The van der Waals surface area contributed by atoms with Crippen molar-refractivity contribution in [1.82, 2.24) is 0 Å². The van der Waals surface area contributed by atoms with E-state index in [0.717, 1.165) is 6.42 Å². The lowest BCUT2D eigenvalue weighted by molar-refractivity contribution is -0.139. The smallest absolute Gasteiger partial charge is 0.307 e. The molecule has 0 saturated heterocycles. The quantitative estimate of drug-likeness (QED) is 0.430. The predicted octanol–water partition coefficient (Wildman–Crippen LogP) is 2.39. The van der Waals surface area contributed by atoms with E-state index in [9.17, 15) is 4.79 Å². The van der Waals surface area contributed by atoms with Crippen LogP contribution in [0.4, 0.5) is 0 Å². The van der Waals surface area contributed by atoms with Gasteiger partial charge in [-0.2, -0.15) is 0 Å². The highest BCUT2D eigenvalue weighted by atomic mass is 16.6. The van der Waals surface area contributed by atoms with Crippen LogP contribution in [0.3, 0.4) is 0 Å². The minimum absolute atomic E-state index is 0.00375. The zero-order valence-electron chi connectivity index (χ0n) is 10.4. The molecule has 4 heteroatoms. The van der Waals surface area contributed by atoms with E-state index >= 15 is 0 Å². The lowest BCUT2D eigenvalue weighted by Crippen LogP contribution is -2.03. The third-order valence-electron chi connectivity index (χ3n) is 3.26. The molecule has 0 heterocycles. The summed E-state index contributed by atoms with van der Waals surface area (Å²) in [6.07, 6.45) is 2.60. The summed E-state index contributed by atoms with van der Waals surface area (Å²) in [6.45, 7) is 8.72. The fourth-order valence-electron chi connectivity index (χ4n) is 1.88. The number of hydrogen-bond donors (Lipinski definition) is 1. The molecule has 0 aliphatic heterocycles.